The van der Waals surface area contributed by atoms with Gasteiger partial charge < -0.3 is 9.64 Å². The number of fused-ring (bicyclic) bond motifs is 4. The van der Waals surface area contributed by atoms with Gasteiger partial charge in [0.25, 0.3) is 0 Å². The molecule has 0 aliphatic heterocycles. The zero-order valence-electron chi connectivity index (χ0n) is 27.4. The highest BCUT2D eigenvalue weighted by Gasteiger charge is 2.25. The predicted molar refractivity (Wildman–Crippen MR) is 207 cm³/mol. The molecule has 50 heavy (non-hydrogen) atoms. The molecule has 9 rings (SSSR count). The highest BCUT2D eigenvalue weighted by molar-refractivity contribution is 6.17. The van der Waals surface area contributed by atoms with Crippen molar-refractivity contribution in [3.05, 3.63) is 198 Å². The van der Waals surface area contributed by atoms with Gasteiger partial charge in [0.1, 0.15) is 12.4 Å². The number of nitrogens with zero attached hydrogens (tertiary/aromatic N) is 1. The number of hydrogen-bond acceptors (Lipinski definition) is 3. The third kappa shape index (κ3) is 5.59. The quantitative estimate of drug-likeness (QED) is 0.162. The van der Waals surface area contributed by atoms with Crippen LogP contribution in [0.25, 0.3) is 38.4 Å². The van der Waals surface area contributed by atoms with Gasteiger partial charge in [-0.15, -0.1) is 0 Å². The first-order chi connectivity index (χ1) is 24.7. The number of hydrogen-bond donors (Lipinski definition) is 0. The second kappa shape index (κ2) is 12.5. The van der Waals surface area contributed by atoms with E-state index in [0.717, 1.165) is 72.2 Å². The molecule has 3 heteroatoms. The SMILES string of the molecule is O=C1/C(=C/c2cc(OCc3ccccc3)c3cc(N(c4ccccc4)c4ccc5ccccc5c4)ccc3c2)Cc2cc3ccccc3cc21. The van der Waals surface area contributed by atoms with Crippen LogP contribution >= 0.6 is 0 Å². The number of benzene rings is 8. The Morgan fingerprint density at radius 2 is 1.16 bits per heavy atom. The lowest BCUT2D eigenvalue weighted by molar-refractivity contribution is 0.104. The molecule has 0 heterocycles. The molecule has 0 amide bonds. The number of ketones is 1. The number of carbonyl (C=O) groups excluding carboxylic acids is 1. The molecule has 1 aliphatic carbocycles. The number of allylic oxidation sites excluding steroid dienone is 1. The van der Waals surface area contributed by atoms with Gasteiger partial charge in [-0.05, 0) is 104 Å². The number of carbonyl (C=O) groups is 1. The fourth-order valence-corrected chi connectivity index (χ4v) is 7.17. The van der Waals surface area contributed by atoms with Gasteiger partial charge in [-0.25, -0.2) is 0 Å². The molecule has 0 aromatic heterocycles. The topological polar surface area (TPSA) is 29.5 Å². The smallest absolute Gasteiger partial charge is 0.189 e. The Morgan fingerprint density at radius 3 is 1.92 bits per heavy atom. The molecule has 0 bridgehead atoms. The van der Waals surface area contributed by atoms with Crippen LogP contribution in [0.15, 0.2) is 175 Å². The van der Waals surface area contributed by atoms with Crippen molar-refractivity contribution < 1.29 is 9.53 Å². The van der Waals surface area contributed by atoms with Crippen molar-refractivity contribution in [2.24, 2.45) is 0 Å². The average Bonchev–Trinajstić information content (AvgIpc) is 3.46. The molecule has 8 aromatic carbocycles. The molecule has 0 N–H and O–H groups in total. The molecule has 0 spiro atoms. The van der Waals surface area contributed by atoms with Gasteiger partial charge in [0.05, 0.1) is 0 Å². The molecule has 238 valence electrons. The van der Waals surface area contributed by atoms with Gasteiger partial charge >= 0.3 is 0 Å². The van der Waals surface area contributed by atoms with E-state index >= 15 is 0 Å². The van der Waals surface area contributed by atoms with Crippen LogP contribution in [0.1, 0.15) is 27.0 Å². The first kappa shape index (κ1) is 29.7. The summed E-state index contributed by atoms with van der Waals surface area (Å²) in [6.07, 6.45) is 2.66. The summed E-state index contributed by atoms with van der Waals surface area (Å²) in [5.41, 5.74) is 7.90. The van der Waals surface area contributed by atoms with E-state index < -0.39 is 0 Å². The van der Waals surface area contributed by atoms with Crippen LogP contribution < -0.4 is 9.64 Å². The number of para-hydroxylation sites is 1. The van der Waals surface area contributed by atoms with Crippen LogP contribution in [0, 0.1) is 0 Å². The van der Waals surface area contributed by atoms with E-state index in [4.69, 9.17) is 4.74 Å². The summed E-state index contributed by atoms with van der Waals surface area (Å²) in [6.45, 7) is 0.435. The maximum Gasteiger partial charge on any atom is 0.189 e. The van der Waals surface area contributed by atoms with Crippen molar-refractivity contribution >= 4 is 61.2 Å². The number of rotatable bonds is 7. The Hall–Kier alpha value is -6.45. The van der Waals surface area contributed by atoms with E-state index in [1.54, 1.807) is 0 Å². The lowest BCUT2D eigenvalue weighted by Gasteiger charge is -2.26. The third-order valence-electron chi connectivity index (χ3n) is 9.65. The maximum absolute atomic E-state index is 13.7. The second-order valence-corrected chi connectivity index (χ2v) is 12.9. The predicted octanol–water partition coefficient (Wildman–Crippen LogP) is 12.0. The average molecular weight is 644 g/mol. The molecule has 0 fully saturated rings. The van der Waals surface area contributed by atoms with E-state index in [9.17, 15) is 4.79 Å². The van der Waals surface area contributed by atoms with Crippen molar-refractivity contribution in [1.82, 2.24) is 0 Å². The van der Waals surface area contributed by atoms with Crippen LogP contribution in [0.5, 0.6) is 5.75 Å². The minimum atomic E-state index is 0.0989. The number of ether oxygens (including phenoxy) is 1. The first-order valence-electron chi connectivity index (χ1n) is 17.0. The number of Topliss-reactive ketones (excluding diaryl/α,β-unsaturated/α-hetero) is 1. The van der Waals surface area contributed by atoms with Crippen LogP contribution in [-0.4, -0.2) is 5.78 Å². The first-order valence-corrected chi connectivity index (χ1v) is 17.0. The minimum Gasteiger partial charge on any atom is -0.488 e. The Balaban J connectivity index is 1.15. The molecule has 0 atom stereocenters. The monoisotopic (exact) mass is 643 g/mol. The van der Waals surface area contributed by atoms with E-state index in [-0.39, 0.29) is 5.78 Å². The van der Waals surface area contributed by atoms with Crippen LogP contribution in [0.3, 0.4) is 0 Å². The van der Waals surface area contributed by atoms with E-state index in [1.165, 1.54) is 10.8 Å². The minimum absolute atomic E-state index is 0.0989. The zero-order valence-corrected chi connectivity index (χ0v) is 27.4. The van der Waals surface area contributed by atoms with Crippen molar-refractivity contribution in [2.75, 3.05) is 4.90 Å². The number of anilines is 3. The molecular weight excluding hydrogens is 611 g/mol. The fourth-order valence-electron chi connectivity index (χ4n) is 7.17. The lowest BCUT2D eigenvalue weighted by Crippen LogP contribution is -2.10. The molecule has 3 nitrogen and oxygen atoms in total. The van der Waals surface area contributed by atoms with E-state index in [1.807, 2.05) is 48.5 Å². The molecule has 0 radical (unpaired) electrons. The molecule has 8 aromatic rings. The second-order valence-electron chi connectivity index (χ2n) is 12.9. The highest BCUT2D eigenvalue weighted by atomic mass is 16.5. The summed E-state index contributed by atoms with van der Waals surface area (Å²) < 4.78 is 6.62. The van der Waals surface area contributed by atoms with Gasteiger partial charge in [-0.2, -0.15) is 0 Å². The maximum atomic E-state index is 13.7. The van der Waals surface area contributed by atoms with Crippen molar-refractivity contribution in [3.63, 3.8) is 0 Å². The van der Waals surface area contributed by atoms with E-state index in [0.29, 0.717) is 13.0 Å². The summed E-state index contributed by atoms with van der Waals surface area (Å²) in [4.78, 5) is 16.0. The Bertz CT molecular complexity index is 2590. The Labute approximate surface area is 291 Å². The van der Waals surface area contributed by atoms with Crippen molar-refractivity contribution in [3.8, 4) is 5.75 Å². The fraction of sp³-hybridized carbons (Fsp3) is 0.0426. The van der Waals surface area contributed by atoms with Gasteiger partial charge in [0.2, 0.25) is 0 Å². The van der Waals surface area contributed by atoms with E-state index in [2.05, 4.69) is 132 Å². The Morgan fingerprint density at radius 1 is 0.540 bits per heavy atom. The summed E-state index contributed by atoms with van der Waals surface area (Å²) in [5.74, 6) is 0.877. The summed E-state index contributed by atoms with van der Waals surface area (Å²) in [7, 11) is 0. The molecule has 0 unspecified atom stereocenters. The third-order valence-corrected chi connectivity index (χ3v) is 9.65. The van der Waals surface area contributed by atoms with Gasteiger partial charge in [-0.1, -0.05) is 115 Å². The van der Waals surface area contributed by atoms with Crippen LogP contribution in [0.4, 0.5) is 17.1 Å². The van der Waals surface area contributed by atoms with Crippen molar-refractivity contribution in [2.45, 2.75) is 13.0 Å². The summed E-state index contributed by atoms with van der Waals surface area (Å²) in [6, 6.07) is 59.0. The molecule has 1 aliphatic rings. The molecule has 0 saturated heterocycles. The standard InChI is InChI=1S/C47H33NO2/c49-47-40(27-39-26-35-14-9-10-16-37(35)29-45(39)47)24-33-23-38-20-22-43(30-44(38)46(25-33)50-31-32-11-3-1-4-12-32)48(41-17-5-2-6-18-41)42-21-19-34-13-7-8-15-36(34)28-42/h1-26,28-30H,27,31H2/b40-24+. The normalized spacial score (nSPS) is 13.3. The summed E-state index contributed by atoms with van der Waals surface area (Å²) in [5, 5.41) is 6.70. The Kier molecular flexibility index (Phi) is 7.44. The van der Waals surface area contributed by atoms with Crippen LogP contribution in [-0.2, 0) is 13.0 Å². The summed E-state index contributed by atoms with van der Waals surface area (Å²) >= 11 is 0. The highest BCUT2D eigenvalue weighted by Crippen LogP contribution is 2.40. The van der Waals surface area contributed by atoms with Crippen molar-refractivity contribution in [1.29, 1.82) is 0 Å². The van der Waals surface area contributed by atoms with Gasteiger partial charge in [0, 0.05) is 40.0 Å². The lowest BCUT2D eigenvalue weighted by atomic mass is 10.0. The molecule has 0 saturated carbocycles. The molecular formula is C47H33NO2. The zero-order chi connectivity index (χ0) is 33.4. The van der Waals surface area contributed by atoms with Gasteiger partial charge in [-0.3, -0.25) is 4.79 Å². The largest absolute Gasteiger partial charge is 0.488 e. The van der Waals surface area contributed by atoms with Crippen LogP contribution in [0.2, 0.25) is 0 Å². The van der Waals surface area contributed by atoms with Gasteiger partial charge in [0.15, 0.2) is 5.78 Å².